The van der Waals surface area contributed by atoms with Gasteiger partial charge in [0, 0.05) is 24.0 Å². The van der Waals surface area contributed by atoms with Gasteiger partial charge in [-0.25, -0.2) is 13.8 Å². The molecule has 0 spiro atoms. The normalized spacial score (nSPS) is 16.0. The highest BCUT2D eigenvalue weighted by atomic mass is 19.1. The van der Waals surface area contributed by atoms with Gasteiger partial charge < -0.3 is 10.2 Å². The fraction of sp³-hybridized carbons (Fsp3) is 0.158. The maximum absolute atomic E-state index is 13.8. The molecule has 1 unspecified atom stereocenters. The number of para-hydroxylation sites is 1. The molecule has 0 fully saturated rings. The van der Waals surface area contributed by atoms with Crippen LogP contribution in [0.15, 0.2) is 54.7 Å². The number of benzene rings is 2. The number of hydrogen-bond donors (Lipinski definition) is 1. The van der Waals surface area contributed by atoms with Crippen LogP contribution in [0, 0.1) is 11.6 Å². The SMILES string of the molecule is CC1Cc2ccccc2N1c1ccnc(Nc2ccc(F)cc2F)n1. The summed E-state index contributed by atoms with van der Waals surface area (Å²) in [6.45, 7) is 2.13. The number of hydrogen-bond acceptors (Lipinski definition) is 4. The summed E-state index contributed by atoms with van der Waals surface area (Å²) in [5.41, 5.74) is 2.52. The Bertz CT molecular complexity index is 929. The molecule has 3 aromatic rings. The summed E-state index contributed by atoms with van der Waals surface area (Å²) in [5.74, 6) is -0.314. The molecule has 0 aliphatic carbocycles. The van der Waals surface area contributed by atoms with E-state index < -0.39 is 11.6 Å². The molecular formula is C19H16F2N4. The average Bonchev–Trinajstić information content (AvgIpc) is 2.93. The smallest absolute Gasteiger partial charge is 0.229 e. The van der Waals surface area contributed by atoms with E-state index in [0.29, 0.717) is 0 Å². The molecule has 0 bridgehead atoms. The zero-order valence-electron chi connectivity index (χ0n) is 13.6. The number of fused-ring (bicyclic) bond motifs is 1. The van der Waals surface area contributed by atoms with Gasteiger partial charge >= 0.3 is 0 Å². The third kappa shape index (κ3) is 2.91. The molecule has 0 saturated heterocycles. The van der Waals surface area contributed by atoms with Crippen LogP contribution < -0.4 is 10.2 Å². The van der Waals surface area contributed by atoms with Gasteiger partial charge in [-0.05, 0) is 43.2 Å². The van der Waals surface area contributed by atoms with Crippen molar-refractivity contribution in [1.29, 1.82) is 0 Å². The molecule has 1 N–H and O–H groups in total. The van der Waals surface area contributed by atoms with Crippen molar-refractivity contribution in [2.24, 2.45) is 0 Å². The molecule has 0 radical (unpaired) electrons. The van der Waals surface area contributed by atoms with Gasteiger partial charge in [0.05, 0.1) is 5.69 Å². The van der Waals surface area contributed by atoms with E-state index in [1.807, 2.05) is 18.2 Å². The fourth-order valence-corrected chi connectivity index (χ4v) is 3.17. The Kier molecular flexibility index (Phi) is 3.80. The molecule has 1 aliphatic heterocycles. The van der Waals surface area contributed by atoms with Crippen molar-refractivity contribution in [3.8, 4) is 0 Å². The zero-order valence-corrected chi connectivity index (χ0v) is 13.6. The highest BCUT2D eigenvalue weighted by Crippen LogP contribution is 2.37. The predicted molar refractivity (Wildman–Crippen MR) is 93.4 cm³/mol. The van der Waals surface area contributed by atoms with Gasteiger partial charge in [-0.3, -0.25) is 0 Å². The summed E-state index contributed by atoms with van der Waals surface area (Å²) in [5, 5.41) is 2.81. The van der Waals surface area contributed by atoms with Gasteiger partial charge in [-0.1, -0.05) is 18.2 Å². The standard InChI is InChI=1S/C19H16F2N4/c1-12-10-13-4-2-3-5-17(13)25(12)18-8-9-22-19(24-18)23-16-7-6-14(20)11-15(16)21/h2-9,11-12H,10H2,1H3,(H,22,23,24). The third-order valence-electron chi connectivity index (χ3n) is 4.27. The lowest BCUT2D eigenvalue weighted by Crippen LogP contribution is -2.25. The fourth-order valence-electron chi connectivity index (χ4n) is 3.17. The van der Waals surface area contributed by atoms with Crippen molar-refractivity contribution in [2.45, 2.75) is 19.4 Å². The van der Waals surface area contributed by atoms with Crippen molar-refractivity contribution in [3.05, 3.63) is 71.9 Å². The van der Waals surface area contributed by atoms with Crippen LogP contribution in [0.2, 0.25) is 0 Å². The lowest BCUT2D eigenvalue weighted by Gasteiger charge is -2.24. The van der Waals surface area contributed by atoms with Crippen molar-refractivity contribution < 1.29 is 8.78 Å². The summed E-state index contributed by atoms with van der Waals surface area (Å²) >= 11 is 0. The molecule has 1 atom stereocenters. The van der Waals surface area contributed by atoms with Crippen LogP contribution >= 0.6 is 0 Å². The van der Waals surface area contributed by atoms with E-state index in [4.69, 9.17) is 0 Å². The van der Waals surface area contributed by atoms with Gasteiger partial charge in [0.2, 0.25) is 5.95 Å². The number of nitrogens with zero attached hydrogens (tertiary/aromatic N) is 3. The van der Waals surface area contributed by atoms with Gasteiger partial charge in [0.1, 0.15) is 17.5 Å². The Labute approximate surface area is 144 Å². The molecule has 4 rings (SSSR count). The lowest BCUT2D eigenvalue weighted by molar-refractivity contribution is 0.586. The molecule has 1 aliphatic rings. The number of halogens is 2. The van der Waals surface area contributed by atoms with Crippen LogP contribution in [-0.4, -0.2) is 16.0 Å². The third-order valence-corrected chi connectivity index (χ3v) is 4.27. The summed E-state index contributed by atoms with van der Waals surface area (Å²) in [6, 6.07) is 13.6. The van der Waals surface area contributed by atoms with Crippen LogP contribution in [-0.2, 0) is 6.42 Å². The van der Waals surface area contributed by atoms with Crippen LogP contribution in [0.5, 0.6) is 0 Å². The maximum Gasteiger partial charge on any atom is 0.229 e. The summed E-state index contributed by atoms with van der Waals surface area (Å²) in [7, 11) is 0. The molecule has 0 saturated carbocycles. The highest BCUT2D eigenvalue weighted by Gasteiger charge is 2.27. The Morgan fingerprint density at radius 3 is 2.80 bits per heavy atom. The first-order chi connectivity index (χ1) is 12.1. The number of anilines is 4. The Balaban J connectivity index is 1.66. The van der Waals surface area contributed by atoms with E-state index >= 15 is 0 Å². The molecule has 6 heteroatoms. The number of aromatic nitrogens is 2. The molecule has 1 aromatic heterocycles. The topological polar surface area (TPSA) is 41.1 Å². The van der Waals surface area contributed by atoms with Crippen molar-refractivity contribution >= 4 is 23.1 Å². The zero-order chi connectivity index (χ0) is 17.4. The first-order valence-electron chi connectivity index (χ1n) is 8.04. The van der Waals surface area contributed by atoms with Crippen LogP contribution in [0.1, 0.15) is 12.5 Å². The van der Waals surface area contributed by atoms with E-state index in [1.165, 1.54) is 17.7 Å². The number of nitrogens with one attached hydrogen (secondary N) is 1. The first-order valence-corrected chi connectivity index (χ1v) is 8.04. The minimum atomic E-state index is -0.686. The monoisotopic (exact) mass is 338 g/mol. The molecule has 2 aromatic carbocycles. The number of rotatable bonds is 3. The molecule has 0 amide bonds. The van der Waals surface area contributed by atoms with Crippen molar-refractivity contribution in [2.75, 3.05) is 10.2 Å². The van der Waals surface area contributed by atoms with E-state index in [9.17, 15) is 8.78 Å². The Hall–Kier alpha value is -3.02. The minimum absolute atomic E-state index is 0.133. The molecule has 126 valence electrons. The van der Waals surface area contributed by atoms with Gasteiger partial charge in [-0.2, -0.15) is 4.98 Å². The summed E-state index contributed by atoms with van der Waals surface area (Å²) in [4.78, 5) is 10.8. The van der Waals surface area contributed by atoms with Crippen LogP contribution in [0.4, 0.5) is 31.9 Å². The summed E-state index contributed by atoms with van der Waals surface area (Å²) < 4.78 is 26.9. The van der Waals surface area contributed by atoms with Crippen LogP contribution in [0.25, 0.3) is 0 Å². The van der Waals surface area contributed by atoms with Gasteiger partial charge in [0.25, 0.3) is 0 Å². The van der Waals surface area contributed by atoms with E-state index in [1.54, 1.807) is 6.20 Å². The largest absolute Gasteiger partial charge is 0.323 e. The predicted octanol–water partition coefficient (Wildman–Crippen LogP) is 4.58. The Morgan fingerprint density at radius 2 is 1.96 bits per heavy atom. The minimum Gasteiger partial charge on any atom is -0.323 e. The molecule has 4 nitrogen and oxygen atoms in total. The van der Waals surface area contributed by atoms with Gasteiger partial charge in [-0.15, -0.1) is 0 Å². The quantitative estimate of drug-likeness (QED) is 0.759. The lowest BCUT2D eigenvalue weighted by atomic mass is 10.1. The Morgan fingerprint density at radius 1 is 1.12 bits per heavy atom. The molecule has 2 heterocycles. The van der Waals surface area contributed by atoms with E-state index in [0.717, 1.165) is 24.0 Å². The molecule has 25 heavy (non-hydrogen) atoms. The second kappa shape index (κ2) is 6.12. The maximum atomic E-state index is 13.8. The molecular weight excluding hydrogens is 322 g/mol. The van der Waals surface area contributed by atoms with E-state index in [2.05, 4.69) is 39.2 Å². The van der Waals surface area contributed by atoms with E-state index in [-0.39, 0.29) is 17.7 Å². The van der Waals surface area contributed by atoms with Crippen LogP contribution in [0.3, 0.4) is 0 Å². The van der Waals surface area contributed by atoms with Crippen molar-refractivity contribution in [3.63, 3.8) is 0 Å². The highest BCUT2D eigenvalue weighted by molar-refractivity contribution is 5.69. The first kappa shape index (κ1) is 15.5. The van der Waals surface area contributed by atoms with Gasteiger partial charge in [0.15, 0.2) is 0 Å². The second-order valence-corrected chi connectivity index (χ2v) is 6.04. The second-order valence-electron chi connectivity index (χ2n) is 6.04. The average molecular weight is 338 g/mol. The summed E-state index contributed by atoms with van der Waals surface area (Å²) in [6.07, 6.45) is 2.56. The van der Waals surface area contributed by atoms with Crippen molar-refractivity contribution in [1.82, 2.24) is 9.97 Å².